The first-order valence-corrected chi connectivity index (χ1v) is 8.21. The van der Waals surface area contributed by atoms with Gasteiger partial charge in [-0.3, -0.25) is 9.00 Å². The van der Waals surface area contributed by atoms with Crippen LogP contribution < -0.4 is 5.32 Å². The van der Waals surface area contributed by atoms with Gasteiger partial charge in [-0.2, -0.15) is 0 Å². The van der Waals surface area contributed by atoms with E-state index in [9.17, 15) is 13.8 Å². The molecule has 1 aliphatic rings. The third-order valence-corrected chi connectivity index (χ3v) is 4.08. The molecule has 0 radical (unpaired) electrons. The number of carboxylic acid groups (broad SMARTS) is 1. The Balaban J connectivity index is 2.40. The van der Waals surface area contributed by atoms with Crippen molar-refractivity contribution in [3.63, 3.8) is 0 Å². The van der Waals surface area contributed by atoms with Crippen molar-refractivity contribution in [2.75, 3.05) is 25.1 Å². The summed E-state index contributed by atoms with van der Waals surface area (Å²) < 4.78 is 11.0. The Labute approximate surface area is 116 Å². The molecule has 0 aromatic rings. The van der Waals surface area contributed by atoms with Gasteiger partial charge in [-0.1, -0.05) is 0 Å². The molecule has 3 atom stereocenters. The lowest BCUT2D eigenvalue weighted by molar-refractivity contribution is -0.143. The second-order valence-corrected chi connectivity index (χ2v) is 6.59. The third-order valence-electron chi connectivity index (χ3n) is 3.27. The minimum atomic E-state index is -0.860. The van der Waals surface area contributed by atoms with Crippen molar-refractivity contribution in [1.29, 1.82) is 0 Å². The monoisotopic (exact) mass is 290 g/mol. The highest BCUT2D eigenvalue weighted by Gasteiger charge is 2.28. The molecule has 0 aromatic carbocycles. The number of carbonyl (C=O) groups is 2. The second-order valence-electron chi connectivity index (χ2n) is 5.04. The SMILES string of the molecule is CC(CCS(C)=O)NC(=O)N1CCCC(C(=O)O)C1. The van der Waals surface area contributed by atoms with Crippen molar-refractivity contribution in [1.82, 2.24) is 10.2 Å². The standard InChI is InChI=1S/C12H22N2O4S/c1-9(5-7-19(2)18)13-12(17)14-6-3-4-10(8-14)11(15)16/h9-10H,3-8H2,1-2H3,(H,13,17)(H,15,16). The second kappa shape index (κ2) is 7.47. The number of carboxylic acids is 1. The maximum Gasteiger partial charge on any atom is 0.317 e. The molecule has 3 unspecified atom stereocenters. The summed E-state index contributed by atoms with van der Waals surface area (Å²) >= 11 is 0. The lowest BCUT2D eigenvalue weighted by Crippen LogP contribution is -2.49. The van der Waals surface area contributed by atoms with E-state index in [-0.39, 0.29) is 18.6 Å². The number of hydrogen-bond acceptors (Lipinski definition) is 3. The first kappa shape index (κ1) is 15.9. The number of likely N-dealkylation sites (tertiary alicyclic amines) is 1. The number of aliphatic carboxylic acids is 1. The van der Waals surface area contributed by atoms with Crippen LogP contribution >= 0.6 is 0 Å². The van der Waals surface area contributed by atoms with E-state index in [0.29, 0.717) is 25.1 Å². The number of carbonyl (C=O) groups excluding carboxylic acids is 1. The summed E-state index contributed by atoms with van der Waals surface area (Å²) in [5.74, 6) is -0.746. The molecule has 1 heterocycles. The highest BCUT2D eigenvalue weighted by atomic mass is 32.2. The van der Waals surface area contributed by atoms with Crippen molar-refractivity contribution in [3.05, 3.63) is 0 Å². The van der Waals surface area contributed by atoms with E-state index >= 15 is 0 Å². The topological polar surface area (TPSA) is 86.7 Å². The fourth-order valence-corrected chi connectivity index (χ4v) is 2.77. The van der Waals surface area contributed by atoms with Crippen LogP contribution in [0.1, 0.15) is 26.2 Å². The van der Waals surface area contributed by atoms with Gasteiger partial charge in [0.1, 0.15) is 0 Å². The van der Waals surface area contributed by atoms with Crippen molar-refractivity contribution in [3.8, 4) is 0 Å². The molecular formula is C12H22N2O4S. The van der Waals surface area contributed by atoms with E-state index in [0.717, 1.165) is 6.42 Å². The molecule has 1 fully saturated rings. The molecule has 0 aromatic heterocycles. The molecule has 19 heavy (non-hydrogen) atoms. The molecule has 0 bridgehead atoms. The Morgan fingerprint density at radius 2 is 2.21 bits per heavy atom. The van der Waals surface area contributed by atoms with Crippen LogP contribution in [0.2, 0.25) is 0 Å². The van der Waals surface area contributed by atoms with E-state index in [1.54, 1.807) is 11.2 Å². The van der Waals surface area contributed by atoms with Crippen molar-refractivity contribution < 1.29 is 18.9 Å². The number of nitrogens with one attached hydrogen (secondary N) is 1. The van der Waals surface area contributed by atoms with Gasteiger partial charge in [-0.05, 0) is 26.2 Å². The highest BCUT2D eigenvalue weighted by Crippen LogP contribution is 2.16. The van der Waals surface area contributed by atoms with Crippen LogP contribution in [0.3, 0.4) is 0 Å². The summed E-state index contributed by atoms with van der Waals surface area (Å²) in [6.07, 6.45) is 3.64. The van der Waals surface area contributed by atoms with E-state index < -0.39 is 22.7 Å². The quantitative estimate of drug-likeness (QED) is 0.778. The fourth-order valence-electron chi connectivity index (χ4n) is 2.08. The van der Waals surface area contributed by atoms with Crippen LogP contribution in [0.4, 0.5) is 4.79 Å². The summed E-state index contributed by atoms with van der Waals surface area (Å²) in [4.78, 5) is 24.5. The molecular weight excluding hydrogens is 268 g/mol. The largest absolute Gasteiger partial charge is 0.481 e. The van der Waals surface area contributed by atoms with Gasteiger partial charge >= 0.3 is 12.0 Å². The van der Waals surface area contributed by atoms with Crippen LogP contribution in [0.5, 0.6) is 0 Å². The zero-order chi connectivity index (χ0) is 14.4. The first-order valence-electron chi connectivity index (χ1n) is 6.48. The number of urea groups is 1. The molecule has 7 heteroatoms. The maximum absolute atomic E-state index is 12.0. The zero-order valence-corrected chi connectivity index (χ0v) is 12.2. The van der Waals surface area contributed by atoms with Gasteiger partial charge in [0.15, 0.2) is 0 Å². The predicted octanol–water partition coefficient (Wildman–Crippen LogP) is 0.650. The molecule has 1 saturated heterocycles. The van der Waals surface area contributed by atoms with E-state index in [2.05, 4.69) is 5.32 Å². The first-order chi connectivity index (χ1) is 8.90. The Hall–Kier alpha value is -1.11. The third kappa shape index (κ3) is 5.59. The summed E-state index contributed by atoms with van der Waals surface area (Å²) in [6.45, 7) is 2.74. The molecule has 2 amide bonds. The van der Waals surface area contributed by atoms with Crippen molar-refractivity contribution >= 4 is 22.8 Å². The van der Waals surface area contributed by atoms with Crippen LogP contribution in [0, 0.1) is 5.92 Å². The predicted molar refractivity (Wildman–Crippen MR) is 73.5 cm³/mol. The number of amides is 2. The number of piperidine rings is 1. The van der Waals surface area contributed by atoms with Gasteiger partial charge in [0.25, 0.3) is 0 Å². The summed E-state index contributed by atoms with van der Waals surface area (Å²) in [6, 6.07) is -0.276. The van der Waals surface area contributed by atoms with Crippen LogP contribution in [0.25, 0.3) is 0 Å². The maximum atomic E-state index is 12.0. The summed E-state index contributed by atoms with van der Waals surface area (Å²) in [7, 11) is -0.860. The van der Waals surface area contributed by atoms with E-state index in [1.807, 2.05) is 6.92 Å². The smallest absolute Gasteiger partial charge is 0.317 e. The lowest BCUT2D eigenvalue weighted by atomic mass is 9.99. The number of hydrogen-bond donors (Lipinski definition) is 2. The molecule has 1 rings (SSSR count). The summed E-state index contributed by atoms with van der Waals surface area (Å²) in [5, 5.41) is 11.8. The van der Waals surface area contributed by atoms with Crippen LogP contribution in [-0.2, 0) is 15.6 Å². The van der Waals surface area contributed by atoms with Gasteiger partial charge in [0.05, 0.1) is 5.92 Å². The average molecular weight is 290 g/mol. The zero-order valence-electron chi connectivity index (χ0n) is 11.4. The van der Waals surface area contributed by atoms with Gasteiger partial charge in [0, 0.05) is 41.9 Å². The molecule has 0 spiro atoms. The minimum absolute atomic E-state index is 0.0541. The lowest BCUT2D eigenvalue weighted by Gasteiger charge is -2.31. The Bertz CT molecular complexity index is 362. The van der Waals surface area contributed by atoms with Gasteiger partial charge in [-0.15, -0.1) is 0 Å². The highest BCUT2D eigenvalue weighted by molar-refractivity contribution is 7.84. The summed E-state index contributed by atoms with van der Waals surface area (Å²) in [5.41, 5.74) is 0. The Kier molecular flexibility index (Phi) is 6.27. The van der Waals surface area contributed by atoms with Crippen LogP contribution in [-0.4, -0.2) is 57.4 Å². The molecule has 6 nitrogen and oxygen atoms in total. The van der Waals surface area contributed by atoms with Crippen molar-refractivity contribution in [2.45, 2.75) is 32.2 Å². The normalized spacial score (nSPS) is 22.6. The van der Waals surface area contributed by atoms with E-state index in [4.69, 9.17) is 5.11 Å². The van der Waals surface area contributed by atoms with Gasteiger partial charge in [0.2, 0.25) is 0 Å². The Morgan fingerprint density at radius 3 is 2.79 bits per heavy atom. The van der Waals surface area contributed by atoms with Gasteiger partial charge < -0.3 is 15.3 Å². The van der Waals surface area contributed by atoms with E-state index in [1.165, 1.54) is 0 Å². The fraction of sp³-hybridized carbons (Fsp3) is 0.833. The molecule has 2 N–H and O–H groups in total. The van der Waals surface area contributed by atoms with Gasteiger partial charge in [-0.25, -0.2) is 4.79 Å². The average Bonchev–Trinajstić information content (AvgIpc) is 2.36. The Morgan fingerprint density at radius 1 is 1.53 bits per heavy atom. The number of rotatable bonds is 5. The molecule has 0 aliphatic carbocycles. The minimum Gasteiger partial charge on any atom is -0.481 e. The molecule has 110 valence electrons. The van der Waals surface area contributed by atoms with Crippen LogP contribution in [0.15, 0.2) is 0 Å². The molecule has 1 aliphatic heterocycles. The molecule has 0 saturated carbocycles. The van der Waals surface area contributed by atoms with Crippen molar-refractivity contribution in [2.24, 2.45) is 5.92 Å². The number of nitrogens with zero attached hydrogens (tertiary/aromatic N) is 1.